The number of hydrogen-bond donors (Lipinski definition) is 3. The molecular formula is C10H26N4. The minimum Gasteiger partial charge on any atom is -0.320 e. The second kappa shape index (κ2) is 9.40. The first kappa shape index (κ1) is 13.8. The SMILES string of the molecule is CNCCCN(C)C(CNC)CNC. The van der Waals surface area contributed by atoms with Crippen molar-refractivity contribution in [2.75, 3.05) is 54.4 Å². The van der Waals surface area contributed by atoms with Crippen LogP contribution in [0.4, 0.5) is 0 Å². The summed E-state index contributed by atoms with van der Waals surface area (Å²) in [6, 6.07) is 0.585. The van der Waals surface area contributed by atoms with Crippen LogP contribution in [-0.4, -0.2) is 65.3 Å². The van der Waals surface area contributed by atoms with Gasteiger partial charge in [-0.05, 0) is 47.7 Å². The predicted molar refractivity (Wildman–Crippen MR) is 62.8 cm³/mol. The van der Waals surface area contributed by atoms with Crippen molar-refractivity contribution in [2.45, 2.75) is 12.5 Å². The van der Waals surface area contributed by atoms with Crippen LogP contribution in [0.2, 0.25) is 0 Å². The fraction of sp³-hybridized carbons (Fsp3) is 1.00. The van der Waals surface area contributed by atoms with E-state index in [0.29, 0.717) is 6.04 Å². The summed E-state index contributed by atoms with van der Waals surface area (Å²) in [7, 11) is 8.20. The topological polar surface area (TPSA) is 39.3 Å². The third-order valence-corrected chi connectivity index (χ3v) is 2.44. The molecule has 3 N–H and O–H groups in total. The molecule has 0 bridgehead atoms. The molecule has 0 saturated carbocycles. The van der Waals surface area contributed by atoms with E-state index < -0.39 is 0 Å². The molecule has 0 rings (SSSR count). The normalized spacial score (nSPS) is 11.6. The van der Waals surface area contributed by atoms with Crippen LogP contribution in [0.1, 0.15) is 6.42 Å². The van der Waals surface area contributed by atoms with E-state index in [4.69, 9.17) is 0 Å². The lowest BCUT2D eigenvalue weighted by Gasteiger charge is -2.27. The Kier molecular flexibility index (Phi) is 9.29. The average Bonchev–Trinajstić information content (AvgIpc) is 2.18. The molecule has 0 unspecified atom stereocenters. The Hall–Kier alpha value is -0.160. The first-order valence-corrected chi connectivity index (χ1v) is 5.40. The summed E-state index contributed by atoms with van der Waals surface area (Å²) in [5, 5.41) is 9.62. The van der Waals surface area contributed by atoms with Gasteiger partial charge in [0.1, 0.15) is 0 Å². The lowest BCUT2D eigenvalue weighted by Crippen LogP contribution is -2.45. The van der Waals surface area contributed by atoms with Crippen molar-refractivity contribution in [3.05, 3.63) is 0 Å². The predicted octanol–water partition coefficient (Wildman–Crippen LogP) is -0.665. The monoisotopic (exact) mass is 202 g/mol. The molecule has 14 heavy (non-hydrogen) atoms. The van der Waals surface area contributed by atoms with E-state index in [9.17, 15) is 0 Å². The molecule has 0 aliphatic carbocycles. The summed E-state index contributed by atoms with van der Waals surface area (Å²) in [6.45, 7) is 4.32. The quantitative estimate of drug-likeness (QED) is 0.434. The Morgan fingerprint density at radius 2 is 1.57 bits per heavy atom. The van der Waals surface area contributed by atoms with Crippen LogP contribution < -0.4 is 16.0 Å². The Balaban J connectivity index is 3.69. The second-order valence-electron chi connectivity index (χ2n) is 3.71. The van der Waals surface area contributed by atoms with Gasteiger partial charge in [0.25, 0.3) is 0 Å². The molecule has 0 aromatic heterocycles. The zero-order valence-electron chi connectivity index (χ0n) is 10.1. The molecule has 0 atom stereocenters. The largest absolute Gasteiger partial charge is 0.320 e. The highest BCUT2D eigenvalue weighted by atomic mass is 15.2. The highest BCUT2D eigenvalue weighted by Crippen LogP contribution is 1.95. The van der Waals surface area contributed by atoms with Crippen LogP contribution in [0.15, 0.2) is 0 Å². The van der Waals surface area contributed by atoms with Crippen molar-refractivity contribution in [1.29, 1.82) is 0 Å². The maximum absolute atomic E-state index is 3.23. The molecule has 4 heteroatoms. The molecule has 0 heterocycles. The summed E-state index contributed by atoms with van der Waals surface area (Å²) >= 11 is 0. The van der Waals surface area contributed by atoms with Gasteiger partial charge in [0.15, 0.2) is 0 Å². The van der Waals surface area contributed by atoms with Crippen molar-refractivity contribution in [2.24, 2.45) is 0 Å². The molecule has 0 saturated heterocycles. The van der Waals surface area contributed by atoms with Crippen LogP contribution in [-0.2, 0) is 0 Å². The molecule has 0 aliphatic rings. The molecule has 0 radical (unpaired) electrons. The fourth-order valence-electron chi connectivity index (χ4n) is 1.54. The fourth-order valence-corrected chi connectivity index (χ4v) is 1.54. The molecule has 0 aliphatic heterocycles. The van der Waals surface area contributed by atoms with E-state index in [1.807, 2.05) is 21.1 Å². The first-order valence-electron chi connectivity index (χ1n) is 5.40. The zero-order chi connectivity index (χ0) is 10.8. The van der Waals surface area contributed by atoms with Gasteiger partial charge >= 0.3 is 0 Å². The number of rotatable bonds is 9. The van der Waals surface area contributed by atoms with Crippen LogP contribution in [0.3, 0.4) is 0 Å². The van der Waals surface area contributed by atoms with Gasteiger partial charge in [0.05, 0.1) is 0 Å². The van der Waals surface area contributed by atoms with Crippen LogP contribution in [0.25, 0.3) is 0 Å². The van der Waals surface area contributed by atoms with E-state index in [2.05, 4.69) is 27.9 Å². The maximum atomic E-state index is 3.23. The van der Waals surface area contributed by atoms with E-state index in [-0.39, 0.29) is 0 Å². The first-order chi connectivity index (χ1) is 6.76. The number of likely N-dealkylation sites (N-methyl/N-ethyl adjacent to an activating group) is 3. The minimum absolute atomic E-state index is 0.585. The maximum Gasteiger partial charge on any atom is 0.0342 e. The van der Waals surface area contributed by atoms with Gasteiger partial charge in [-0.3, -0.25) is 0 Å². The van der Waals surface area contributed by atoms with Crippen LogP contribution in [0.5, 0.6) is 0 Å². The molecule has 4 nitrogen and oxygen atoms in total. The smallest absolute Gasteiger partial charge is 0.0342 e. The van der Waals surface area contributed by atoms with E-state index >= 15 is 0 Å². The van der Waals surface area contributed by atoms with E-state index in [1.165, 1.54) is 6.42 Å². The van der Waals surface area contributed by atoms with Gasteiger partial charge in [-0.25, -0.2) is 0 Å². The van der Waals surface area contributed by atoms with Gasteiger partial charge in [0.2, 0.25) is 0 Å². The van der Waals surface area contributed by atoms with Crippen LogP contribution >= 0.6 is 0 Å². The molecule has 0 spiro atoms. The number of hydrogen-bond acceptors (Lipinski definition) is 4. The summed E-state index contributed by atoms with van der Waals surface area (Å²) in [5.74, 6) is 0. The molecule has 0 amide bonds. The molecule has 0 aromatic carbocycles. The average molecular weight is 202 g/mol. The third kappa shape index (κ3) is 6.32. The van der Waals surface area contributed by atoms with Crippen LogP contribution in [0, 0.1) is 0 Å². The zero-order valence-corrected chi connectivity index (χ0v) is 10.1. The Morgan fingerprint density at radius 1 is 1.00 bits per heavy atom. The van der Waals surface area contributed by atoms with E-state index in [1.54, 1.807) is 0 Å². The lowest BCUT2D eigenvalue weighted by atomic mass is 10.2. The van der Waals surface area contributed by atoms with E-state index in [0.717, 1.165) is 26.2 Å². The summed E-state index contributed by atoms with van der Waals surface area (Å²) in [4.78, 5) is 2.41. The summed E-state index contributed by atoms with van der Waals surface area (Å²) < 4.78 is 0. The molecule has 0 aromatic rings. The minimum atomic E-state index is 0.585. The molecular weight excluding hydrogens is 176 g/mol. The Labute approximate surface area is 88.4 Å². The number of nitrogens with zero attached hydrogens (tertiary/aromatic N) is 1. The van der Waals surface area contributed by atoms with Gasteiger partial charge < -0.3 is 20.9 Å². The lowest BCUT2D eigenvalue weighted by molar-refractivity contribution is 0.232. The second-order valence-corrected chi connectivity index (χ2v) is 3.71. The highest BCUT2D eigenvalue weighted by Gasteiger charge is 2.11. The van der Waals surface area contributed by atoms with Crippen molar-refractivity contribution in [1.82, 2.24) is 20.9 Å². The van der Waals surface area contributed by atoms with Gasteiger partial charge in [-0.1, -0.05) is 0 Å². The standard InChI is InChI=1S/C10H26N4/c1-11-6-5-7-14(4)10(8-12-2)9-13-3/h10-13H,5-9H2,1-4H3. The summed E-state index contributed by atoms with van der Waals surface area (Å²) in [5.41, 5.74) is 0. The molecule has 0 fully saturated rings. The van der Waals surface area contributed by atoms with Gasteiger partial charge in [0, 0.05) is 19.1 Å². The van der Waals surface area contributed by atoms with Crippen molar-refractivity contribution >= 4 is 0 Å². The Bertz CT molecular complexity index is 113. The Morgan fingerprint density at radius 3 is 2.00 bits per heavy atom. The van der Waals surface area contributed by atoms with Gasteiger partial charge in [-0.2, -0.15) is 0 Å². The highest BCUT2D eigenvalue weighted by molar-refractivity contribution is 4.72. The van der Waals surface area contributed by atoms with Crippen molar-refractivity contribution in [3.8, 4) is 0 Å². The van der Waals surface area contributed by atoms with Crippen molar-refractivity contribution in [3.63, 3.8) is 0 Å². The van der Waals surface area contributed by atoms with Crippen molar-refractivity contribution < 1.29 is 0 Å². The summed E-state index contributed by atoms with van der Waals surface area (Å²) in [6.07, 6.45) is 1.21. The third-order valence-electron chi connectivity index (χ3n) is 2.44. The van der Waals surface area contributed by atoms with Gasteiger partial charge in [-0.15, -0.1) is 0 Å². The number of nitrogens with one attached hydrogen (secondary N) is 3. The molecule has 86 valence electrons.